The molecule has 1 amide bonds. The maximum absolute atomic E-state index is 12.3. The highest BCUT2D eigenvalue weighted by molar-refractivity contribution is 8.03. The molecule has 0 bridgehead atoms. The fourth-order valence-corrected chi connectivity index (χ4v) is 2.69. The predicted molar refractivity (Wildman–Crippen MR) is 88.6 cm³/mol. The largest absolute Gasteiger partial charge is 0.481 e. The van der Waals surface area contributed by atoms with Gasteiger partial charge in [0.15, 0.2) is 0 Å². The molecule has 5 nitrogen and oxygen atoms in total. The highest BCUT2D eigenvalue weighted by Gasteiger charge is 2.10. The number of ether oxygens (including phenoxy) is 1. The number of hydrogen-bond donors (Lipinski definition) is 2. The number of amides is 1. The van der Waals surface area contributed by atoms with Crippen molar-refractivity contribution in [2.45, 2.75) is 6.54 Å². The van der Waals surface area contributed by atoms with E-state index in [0.717, 1.165) is 16.8 Å². The number of pyridine rings is 1. The molecular formula is C16H15N3O2S. The zero-order valence-electron chi connectivity index (χ0n) is 12.0. The van der Waals surface area contributed by atoms with Gasteiger partial charge in [-0.2, -0.15) is 0 Å². The van der Waals surface area contributed by atoms with Crippen molar-refractivity contribution in [3.63, 3.8) is 0 Å². The Kier molecular flexibility index (Phi) is 4.29. The number of nitrogens with one attached hydrogen (secondary N) is 2. The lowest BCUT2D eigenvalue weighted by Gasteiger charge is -2.13. The fraction of sp³-hybridized carbons (Fsp3) is 0.125. The SMILES string of the molecule is COc1cc(CNC(=O)c2ccc3c(c2)C=CSN3)ccn1. The Bertz CT molecular complexity index is 731. The van der Waals surface area contributed by atoms with Crippen LogP contribution in [0.2, 0.25) is 0 Å². The topological polar surface area (TPSA) is 63.2 Å². The minimum absolute atomic E-state index is 0.106. The Morgan fingerprint density at radius 1 is 1.36 bits per heavy atom. The average molecular weight is 313 g/mol. The highest BCUT2D eigenvalue weighted by Crippen LogP contribution is 2.27. The molecule has 1 aliphatic rings. The summed E-state index contributed by atoms with van der Waals surface area (Å²) in [7, 11) is 1.57. The molecule has 0 radical (unpaired) electrons. The van der Waals surface area contributed by atoms with Crippen LogP contribution in [0.3, 0.4) is 0 Å². The van der Waals surface area contributed by atoms with Crippen molar-refractivity contribution < 1.29 is 9.53 Å². The molecule has 22 heavy (non-hydrogen) atoms. The lowest BCUT2D eigenvalue weighted by molar-refractivity contribution is 0.0951. The summed E-state index contributed by atoms with van der Waals surface area (Å²) in [6.45, 7) is 0.429. The van der Waals surface area contributed by atoms with Crippen molar-refractivity contribution >= 4 is 29.6 Å². The van der Waals surface area contributed by atoms with Crippen LogP contribution in [0.25, 0.3) is 6.08 Å². The van der Waals surface area contributed by atoms with Gasteiger partial charge in [-0.3, -0.25) is 4.79 Å². The Labute approximate surface area is 132 Å². The van der Waals surface area contributed by atoms with Crippen LogP contribution in [0, 0.1) is 0 Å². The summed E-state index contributed by atoms with van der Waals surface area (Å²) < 4.78 is 8.24. The number of benzene rings is 1. The highest BCUT2D eigenvalue weighted by atomic mass is 32.2. The number of nitrogens with zero attached hydrogens (tertiary/aromatic N) is 1. The Morgan fingerprint density at radius 2 is 2.27 bits per heavy atom. The van der Waals surface area contributed by atoms with Gasteiger partial charge in [-0.25, -0.2) is 4.98 Å². The van der Waals surface area contributed by atoms with Gasteiger partial charge in [-0.1, -0.05) is 0 Å². The van der Waals surface area contributed by atoms with Gasteiger partial charge in [-0.15, -0.1) is 0 Å². The van der Waals surface area contributed by atoms with Gasteiger partial charge >= 0.3 is 0 Å². The van der Waals surface area contributed by atoms with Crippen LogP contribution in [0.1, 0.15) is 21.5 Å². The van der Waals surface area contributed by atoms with E-state index in [1.165, 1.54) is 11.9 Å². The van der Waals surface area contributed by atoms with E-state index < -0.39 is 0 Å². The second-order valence-electron chi connectivity index (χ2n) is 4.71. The van der Waals surface area contributed by atoms with E-state index in [-0.39, 0.29) is 5.91 Å². The van der Waals surface area contributed by atoms with Gasteiger partial charge in [-0.05, 0) is 58.8 Å². The summed E-state index contributed by atoms with van der Waals surface area (Å²) >= 11 is 1.51. The Balaban J connectivity index is 1.68. The maximum Gasteiger partial charge on any atom is 0.251 e. The average Bonchev–Trinajstić information content (AvgIpc) is 2.59. The number of methoxy groups -OCH3 is 1. The van der Waals surface area contributed by atoms with Crippen molar-refractivity contribution in [3.8, 4) is 5.88 Å². The third-order valence-electron chi connectivity index (χ3n) is 3.26. The molecule has 6 heteroatoms. The van der Waals surface area contributed by atoms with E-state index in [2.05, 4.69) is 15.0 Å². The van der Waals surface area contributed by atoms with Gasteiger partial charge in [0.1, 0.15) is 0 Å². The smallest absolute Gasteiger partial charge is 0.251 e. The van der Waals surface area contributed by atoms with Crippen LogP contribution in [-0.4, -0.2) is 18.0 Å². The fourth-order valence-electron chi connectivity index (χ4n) is 2.10. The molecule has 0 saturated heterocycles. The minimum Gasteiger partial charge on any atom is -0.481 e. The first kappa shape index (κ1) is 14.5. The molecule has 2 heterocycles. The third kappa shape index (κ3) is 3.23. The molecule has 0 unspecified atom stereocenters. The van der Waals surface area contributed by atoms with E-state index in [0.29, 0.717) is 18.0 Å². The summed E-state index contributed by atoms with van der Waals surface area (Å²) in [5, 5.41) is 4.85. The van der Waals surface area contributed by atoms with E-state index >= 15 is 0 Å². The quantitative estimate of drug-likeness (QED) is 0.849. The van der Waals surface area contributed by atoms with Crippen molar-refractivity contribution in [3.05, 3.63) is 58.6 Å². The number of aromatic nitrogens is 1. The maximum atomic E-state index is 12.3. The summed E-state index contributed by atoms with van der Waals surface area (Å²) in [6, 6.07) is 9.25. The van der Waals surface area contributed by atoms with E-state index in [4.69, 9.17) is 4.74 Å². The molecule has 112 valence electrons. The zero-order valence-corrected chi connectivity index (χ0v) is 12.8. The van der Waals surface area contributed by atoms with Crippen LogP contribution in [0.4, 0.5) is 5.69 Å². The standard InChI is InChI=1S/C16H15N3O2S/c1-21-15-8-11(4-6-17-15)10-18-16(20)13-2-3-14-12(9-13)5-7-22-19-14/h2-9,19H,10H2,1H3,(H,18,20). The normalized spacial score (nSPS) is 12.2. The summed E-state index contributed by atoms with van der Waals surface area (Å²) in [4.78, 5) is 16.3. The van der Waals surface area contributed by atoms with Crippen molar-refractivity contribution in [1.29, 1.82) is 0 Å². The number of fused-ring (bicyclic) bond motifs is 1. The van der Waals surface area contributed by atoms with Gasteiger partial charge in [0, 0.05) is 24.4 Å². The van der Waals surface area contributed by atoms with Gasteiger partial charge in [0.25, 0.3) is 5.91 Å². The van der Waals surface area contributed by atoms with Crippen LogP contribution >= 0.6 is 11.9 Å². The molecule has 2 N–H and O–H groups in total. The van der Waals surface area contributed by atoms with E-state index in [9.17, 15) is 4.79 Å². The van der Waals surface area contributed by atoms with E-state index in [1.54, 1.807) is 19.4 Å². The molecule has 0 saturated carbocycles. The van der Waals surface area contributed by atoms with Crippen molar-refractivity contribution in [2.75, 3.05) is 11.8 Å². The number of carbonyl (C=O) groups excluding carboxylic acids is 1. The number of carbonyl (C=O) groups is 1. The first-order chi connectivity index (χ1) is 10.8. The second kappa shape index (κ2) is 6.53. The second-order valence-corrected chi connectivity index (χ2v) is 5.43. The third-order valence-corrected chi connectivity index (χ3v) is 3.87. The Morgan fingerprint density at radius 3 is 3.14 bits per heavy atom. The van der Waals surface area contributed by atoms with Gasteiger partial charge in [0.05, 0.1) is 12.8 Å². The number of rotatable bonds is 4. The molecule has 0 spiro atoms. The number of anilines is 1. The molecular weight excluding hydrogens is 298 g/mol. The monoisotopic (exact) mass is 313 g/mol. The summed E-state index contributed by atoms with van der Waals surface area (Å²) in [5.41, 5.74) is 3.61. The number of hydrogen-bond acceptors (Lipinski definition) is 5. The molecule has 0 fully saturated rings. The van der Waals surface area contributed by atoms with Crippen molar-refractivity contribution in [2.24, 2.45) is 0 Å². The first-order valence-electron chi connectivity index (χ1n) is 6.75. The summed E-state index contributed by atoms with van der Waals surface area (Å²) in [6.07, 6.45) is 3.65. The van der Waals surface area contributed by atoms with Crippen LogP contribution < -0.4 is 14.8 Å². The predicted octanol–water partition coefficient (Wildman–Crippen LogP) is 3.06. The Hall–Kier alpha value is -2.47. The van der Waals surface area contributed by atoms with Crippen LogP contribution in [0.15, 0.2) is 41.9 Å². The van der Waals surface area contributed by atoms with Gasteiger partial charge < -0.3 is 14.8 Å². The van der Waals surface area contributed by atoms with Crippen molar-refractivity contribution in [1.82, 2.24) is 10.3 Å². The van der Waals surface area contributed by atoms with E-state index in [1.807, 2.05) is 35.7 Å². The lowest BCUT2D eigenvalue weighted by Crippen LogP contribution is -2.23. The zero-order chi connectivity index (χ0) is 15.4. The first-order valence-corrected chi connectivity index (χ1v) is 7.63. The molecule has 0 aliphatic carbocycles. The molecule has 0 atom stereocenters. The molecule has 1 aromatic carbocycles. The van der Waals surface area contributed by atoms with Gasteiger partial charge in [0.2, 0.25) is 5.88 Å². The molecule has 1 aromatic heterocycles. The molecule has 1 aliphatic heterocycles. The van der Waals surface area contributed by atoms with Crippen LogP contribution in [0.5, 0.6) is 5.88 Å². The summed E-state index contributed by atoms with van der Waals surface area (Å²) in [5.74, 6) is 0.430. The molecule has 2 aromatic rings. The molecule has 3 rings (SSSR count). The minimum atomic E-state index is -0.106. The lowest BCUT2D eigenvalue weighted by atomic mass is 10.1. The van der Waals surface area contributed by atoms with Crippen LogP contribution in [-0.2, 0) is 6.54 Å².